The second-order valence-corrected chi connectivity index (χ2v) is 6.51. The highest BCUT2D eigenvalue weighted by Crippen LogP contribution is 2.36. The molecule has 0 unspecified atom stereocenters. The van der Waals surface area contributed by atoms with E-state index in [1.54, 1.807) is 18.2 Å². The molecule has 3 aromatic rings. The third-order valence-corrected chi connectivity index (χ3v) is 4.48. The Bertz CT molecular complexity index is 1000. The second-order valence-electron chi connectivity index (χ2n) is 5.65. The Morgan fingerprint density at radius 3 is 2.63 bits per heavy atom. The molecule has 2 aromatic carbocycles. The fraction of sp³-hybridized carbons (Fsp3) is 0.118. The molecule has 10 heteroatoms. The number of rotatable bonds is 5. The van der Waals surface area contributed by atoms with Gasteiger partial charge in [-0.1, -0.05) is 28.1 Å². The van der Waals surface area contributed by atoms with Crippen LogP contribution < -0.4 is 22.4 Å². The summed E-state index contributed by atoms with van der Waals surface area (Å²) < 4.78 is 44.6. The quantitative estimate of drug-likeness (QED) is 0.208. The van der Waals surface area contributed by atoms with Crippen molar-refractivity contribution in [1.82, 2.24) is 5.53 Å². The molecule has 1 aromatic heterocycles. The number of fused-ring (bicyclic) bond motifs is 1. The average molecular weight is 442 g/mol. The summed E-state index contributed by atoms with van der Waals surface area (Å²) in [4.78, 5) is 0. The van der Waals surface area contributed by atoms with Crippen molar-refractivity contribution in [2.45, 2.75) is 12.7 Å². The van der Waals surface area contributed by atoms with Crippen LogP contribution in [0.3, 0.4) is 0 Å². The molecule has 1 heterocycles. The maximum Gasteiger partial charge on any atom is 0.417 e. The molecular formula is C17H15BrF3N5O. The number of nitrogens with zero attached hydrogens (tertiary/aromatic N) is 1. The zero-order valence-corrected chi connectivity index (χ0v) is 15.4. The molecule has 142 valence electrons. The van der Waals surface area contributed by atoms with Crippen LogP contribution in [0.15, 0.2) is 56.5 Å². The maximum atomic E-state index is 13.0. The van der Waals surface area contributed by atoms with Crippen molar-refractivity contribution in [3.63, 3.8) is 0 Å². The van der Waals surface area contributed by atoms with Crippen LogP contribution in [0.2, 0.25) is 0 Å². The SMILES string of the molecule is NN/N=C(\N)c1cc2ccc(CNc3ccc(Br)c(C(F)(F)F)c3)cc2o1. The average Bonchev–Trinajstić information content (AvgIpc) is 3.03. The maximum absolute atomic E-state index is 13.0. The van der Waals surface area contributed by atoms with Crippen molar-refractivity contribution in [1.29, 1.82) is 0 Å². The lowest BCUT2D eigenvalue weighted by Gasteiger charge is -2.12. The van der Waals surface area contributed by atoms with E-state index in [4.69, 9.17) is 16.0 Å². The highest BCUT2D eigenvalue weighted by molar-refractivity contribution is 9.10. The molecule has 0 spiro atoms. The molecule has 0 aliphatic heterocycles. The molecule has 0 aliphatic rings. The molecule has 0 saturated heterocycles. The predicted molar refractivity (Wildman–Crippen MR) is 101 cm³/mol. The first kappa shape index (κ1) is 19.1. The number of nitrogens with two attached hydrogens (primary N) is 2. The van der Waals surface area contributed by atoms with Gasteiger partial charge in [-0.3, -0.25) is 0 Å². The number of halogens is 4. The highest BCUT2D eigenvalue weighted by atomic mass is 79.9. The third kappa shape index (κ3) is 4.34. The molecular weight excluding hydrogens is 427 g/mol. The standard InChI is InChI=1S/C17H15BrF3N5O/c18-13-4-3-11(7-12(13)17(19,20)21)24-8-9-1-2-10-6-15(16(22)25-26-23)27-14(10)5-9/h1-7,24,26H,8,23H2,(H2,22,25). The Morgan fingerprint density at radius 1 is 1.15 bits per heavy atom. The summed E-state index contributed by atoms with van der Waals surface area (Å²) in [6.45, 7) is 0.318. The van der Waals surface area contributed by atoms with Crippen molar-refractivity contribution >= 4 is 38.4 Å². The topological polar surface area (TPSA) is 102 Å². The van der Waals surface area contributed by atoms with Crippen molar-refractivity contribution in [2.24, 2.45) is 16.7 Å². The monoisotopic (exact) mass is 441 g/mol. The van der Waals surface area contributed by atoms with Gasteiger partial charge < -0.3 is 15.5 Å². The lowest BCUT2D eigenvalue weighted by molar-refractivity contribution is -0.138. The van der Waals surface area contributed by atoms with E-state index in [9.17, 15) is 13.2 Å². The van der Waals surface area contributed by atoms with Crippen molar-refractivity contribution in [2.75, 3.05) is 5.32 Å². The summed E-state index contributed by atoms with van der Waals surface area (Å²) in [6, 6.07) is 11.1. The van der Waals surface area contributed by atoms with Gasteiger partial charge in [0.2, 0.25) is 0 Å². The molecule has 0 bridgehead atoms. The van der Waals surface area contributed by atoms with Crippen LogP contribution in [0.4, 0.5) is 18.9 Å². The van der Waals surface area contributed by atoms with Gasteiger partial charge in [-0.2, -0.15) is 13.2 Å². The van der Waals surface area contributed by atoms with Gasteiger partial charge in [0.1, 0.15) is 5.58 Å². The van der Waals surface area contributed by atoms with Gasteiger partial charge >= 0.3 is 6.18 Å². The van der Waals surface area contributed by atoms with E-state index in [-0.39, 0.29) is 10.3 Å². The molecule has 3 rings (SSSR count). The zero-order chi connectivity index (χ0) is 19.6. The Hall–Kier alpha value is -2.72. The molecule has 0 fully saturated rings. The van der Waals surface area contributed by atoms with Gasteiger partial charge in [-0.05, 0) is 35.9 Å². The number of alkyl halides is 3. The van der Waals surface area contributed by atoms with Crippen LogP contribution in [-0.2, 0) is 12.7 Å². The minimum Gasteiger partial charge on any atom is -0.453 e. The smallest absolute Gasteiger partial charge is 0.417 e. The van der Waals surface area contributed by atoms with Crippen molar-refractivity contribution in [3.05, 3.63) is 63.8 Å². The van der Waals surface area contributed by atoms with Gasteiger partial charge in [0.05, 0.1) is 5.56 Å². The number of benzene rings is 2. The van der Waals surface area contributed by atoms with Crippen LogP contribution >= 0.6 is 15.9 Å². The van der Waals surface area contributed by atoms with Crippen LogP contribution in [-0.4, -0.2) is 5.84 Å². The van der Waals surface area contributed by atoms with Crippen LogP contribution in [0, 0.1) is 0 Å². The number of amidine groups is 1. The van der Waals surface area contributed by atoms with Crippen LogP contribution in [0.25, 0.3) is 11.0 Å². The fourth-order valence-corrected chi connectivity index (χ4v) is 2.96. The Kier molecular flexibility index (Phi) is 5.29. The van der Waals surface area contributed by atoms with Crippen molar-refractivity contribution < 1.29 is 17.6 Å². The molecule has 0 amide bonds. The summed E-state index contributed by atoms with van der Waals surface area (Å²) in [5.41, 5.74) is 8.82. The lowest BCUT2D eigenvalue weighted by Crippen LogP contribution is -2.22. The first-order valence-electron chi connectivity index (χ1n) is 7.70. The Labute approximate surface area is 160 Å². The van der Waals surface area contributed by atoms with E-state index in [0.29, 0.717) is 23.6 Å². The number of nitrogens with one attached hydrogen (secondary N) is 2. The van der Waals surface area contributed by atoms with E-state index in [0.717, 1.165) is 17.0 Å². The van der Waals surface area contributed by atoms with Crippen LogP contribution in [0.5, 0.6) is 0 Å². The number of furan rings is 1. The molecule has 0 radical (unpaired) electrons. The number of hydrogen-bond acceptors (Lipinski definition) is 5. The molecule has 0 atom stereocenters. The van der Waals surface area contributed by atoms with Gasteiger partial charge in [0.25, 0.3) is 0 Å². The minimum absolute atomic E-state index is 0.00342. The summed E-state index contributed by atoms with van der Waals surface area (Å²) >= 11 is 2.92. The van der Waals surface area contributed by atoms with Gasteiger partial charge in [-0.25, -0.2) is 11.4 Å². The van der Waals surface area contributed by atoms with E-state index in [2.05, 4.69) is 31.9 Å². The first-order valence-corrected chi connectivity index (χ1v) is 8.49. The highest BCUT2D eigenvalue weighted by Gasteiger charge is 2.33. The zero-order valence-electron chi connectivity index (χ0n) is 13.8. The first-order chi connectivity index (χ1) is 12.8. The molecule has 27 heavy (non-hydrogen) atoms. The third-order valence-electron chi connectivity index (χ3n) is 3.79. The number of hydrogen-bond donors (Lipinski definition) is 4. The minimum atomic E-state index is -4.43. The van der Waals surface area contributed by atoms with E-state index >= 15 is 0 Å². The van der Waals surface area contributed by atoms with Gasteiger partial charge in [-0.15, -0.1) is 5.10 Å². The fourth-order valence-electron chi connectivity index (χ4n) is 2.49. The summed E-state index contributed by atoms with van der Waals surface area (Å²) in [6.07, 6.45) is -4.43. The second kappa shape index (κ2) is 7.49. The number of hydrazone groups is 1. The van der Waals surface area contributed by atoms with E-state index < -0.39 is 11.7 Å². The Balaban J connectivity index is 1.78. The lowest BCUT2D eigenvalue weighted by atomic mass is 10.1. The molecule has 0 saturated carbocycles. The largest absolute Gasteiger partial charge is 0.453 e. The normalized spacial score (nSPS) is 12.4. The van der Waals surface area contributed by atoms with Gasteiger partial charge in [0.15, 0.2) is 11.6 Å². The molecule has 6 N–H and O–H groups in total. The van der Waals surface area contributed by atoms with E-state index in [1.165, 1.54) is 6.07 Å². The van der Waals surface area contributed by atoms with Gasteiger partial charge in [0, 0.05) is 22.1 Å². The summed E-state index contributed by atoms with van der Waals surface area (Å²) in [5.74, 6) is 5.54. The summed E-state index contributed by atoms with van der Waals surface area (Å²) in [5, 5.41) is 7.43. The van der Waals surface area contributed by atoms with Crippen LogP contribution in [0.1, 0.15) is 16.9 Å². The predicted octanol–water partition coefficient (Wildman–Crippen LogP) is 3.91. The van der Waals surface area contributed by atoms with E-state index in [1.807, 2.05) is 12.1 Å². The summed E-state index contributed by atoms with van der Waals surface area (Å²) in [7, 11) is 0. The number of anilines is 1. The number of hydrazine groups is 1. The molecule has 6 nitrogen and oxygen atoms in total. The Morgan fingerprint density at radius 2 is 1.93 bits per heavy atom. The van der Waals surface area contributed by atoms with Crippen molar-refractivity contribution in [3.8, 4) is 0 Å². The molecule has 0 aliphatic carbocycles.